The van der Waals surface area contributed by atoms with Crippen LogP contribution in [0.5, 0.6) is 0 Å². The Morgan fingerprint density at radius 1 is 1.39 bits per heavy atom. The van der Waals surface area contributed by atoms with Crippen LogP contribution < -0.4 is 0 Å². The van der Waals surface area contributed by atoms with E-state index in [0.717, 1.165) is 11.8 Å². The highest BCUT2D eigenvalue weighted by molar-refractivity contribution is 8.00. The number of carboxylic acids is 1. The number of carboxylic acid groups (broad SMARTS) is 1. The van der Waals surface area contributed by atoms with E-state index in [1.165, 1.54) is 0 Å². The van der Waals surface area contributed by atoms with Gasteiger partial charge in [0.05, 0.1) is 17.6 Å². The number of thioether (sulfide) groups is 1. The lowest BCUT2D eigenvalue weighted by Crippen LogP contribution is -2.42. The summed E-state index contributed by atoms with van der Waals surface area (Å²) in [5, 5.41) is 18.1. The van der Waals surface area contributed by atoms with Gasteiger partial charge < -0.3 is 20.0 Å². The summed E-state index contributed by atoms with van der Waals surface area (Å²) < 4.78 is 0. The Hall–Kier alpha value is -0.790. The first-order valence-corrected chi connectivity index (χ1v) is 6.97. The summed E-state index contributed by atoms with van der Waals surface area (Å²) in [7, 11) is 3.85. The van der Waals surface area contributed by atoms with E-state index in [9.17, 15) is 14.7 Å². The highest BCUT2D eigenvalue weighted by Crippen LogP contribution is 2.19. The zero-order valence-corrected chi connectivity index (χ0v) is 11.5. The molecule has 0 spiro atoms. The zero-order valence-electron chi connectivity index (χ0n) is 10.7. The van der Waals surface area contributed by atoms with Crippen LogP contribution in [0.15, 0.2) is 0 Å². The number of rotatable bonds is 6. The van der Waals surface area contributed by atoms with E-state index in [1.54, 1.807) is 4.90 Å². The molecule has 1 aliphatic rings. The second kappa shape index (κ2) is 6.96. The molecule has 0 bridgehead atoms. The molecular weight excluding hydrogens is 256 g/mol. The van der Waals surface area contributed by atoms with Gasteiger partial charge in [0.15, 0.2) is 0 Å². The molecule has 0 aromatic carbocycles. The molecule has 2 unspecified atom stereocenters. The van der Waals surface area contributed by atoms with Crippen LogP contribution in [0.4, 0.5) is 0 Å². The molecule has 0 aliphatic carbocycles. The molecule has 6 nitrogen and oxygen atoms in total. The van der Waals surface area contributed by atoms with Gasteiger partial charge in [-0.15, -0.1) is 11.8 Å². The first-order valence-electron chi connectivity index (χ1n) is 5.82. The highest BCUT2D eigenvalue weighted by Gasteiger charge is 2.34. The molecule has 1 fully saturated rings. The smallest absolute Gasteiger partial charge is 0.313 e. The normalized spacial score (nSPS) is 23.7. The number of carbonyl (C=O) groups excluding carboxylic acids is 1. The van der Waals surface area contributed by atoms with Gasteiger partial charge in [-0.2, -0.15) is 0 Å². The number of hydrogen-bond donors (Lipinski definition) is 2. The van der Waals surface area contributed by atoms with Crippen LogP contribution in [-0.2, 0) is 9.59 Å². The lowest BCUT2D eigenvalue weighted by molar-refractivity contribution is -0.133. The number of aliphatic hydroxyl groups excluding tert-OH is 1. The van der Waals surface area contributed by atoms with Crippen molar-refractivity contribution in [2.24, 2.45) is 0 Å². The predicted octanol–water partition coefficient (Wildman–Crippen LogP) is -0.672. The van der Waals surface area contributed by atoms with Gasteiger partial charge in [0, 0.05) is 19.1 Å². The molecule has 2 N–H and O–H groups in total. The van der Waals surface area contributed by atoms with Gasteiger partial charge >= 0.3 is 5.97 Å². The van der Waals surface area contributed by atoms with Crippen molar-refractivity contribution in [1.82, 2.24) is 9.80 Å². The average Bonchev–Trinajstić information content (AvgIpc) is 2.57. The molecule has 104 valence electrons. The number of aliphatic hydroxyl groups is 1. The van der Waals surface area contributed by atoms with Crippen LogP contribution in [0.1, 0.15) is 6.42 Å². The quantitative estimate of drug-likeness (QED) is 0.669. The largest absolute Gasteiger partial charge is 0.481 e. The van der Waals surface area contributed by atoms with Crippen LogP contribution in [0, 0.1) is 0 Å². The average molecular weight is 276 g/mol. The number of likely N-dealkylation sites (tertiary alicyclic amines) is 1. The van der Waals surface area contributed by atoms with Crippen molar-refractivity contribution < 1.29 is 19.8 Å². The fraction of sp³-hybridized carbons (Fsp3) is 0.818. The predicted molar refractivity (Wildman–Crippen MR) is 69.6 cm³/mol. The molecule has 1 saturated heterocycles. The fourth-order valence-corrected chi connectivity index (χ4v) is 2.72. The maximum atomic E-state index is 11.9. The summed E-state index contributed by atoms with van der Waals surface area (Å²) in [6.07, 6.45) is 0.122. The molecule has 1 rings (SSSR count). The number of amides is 1. The van der Waals surface area contributed by atoms with E-state index < -0.39 is 12.1 Å². The third-order valence-corrected chi connectivity index (χ3v) is 3.64. The maximum absolute atomic E-state index is 11.9. The SMILES string of the molecule is CN(C)CC1CC(O)CN1C(=O)CSCC(=O)O. The van der Waals surface area contributed by atoms with Crippen molar-refractivity contribution in [2.45, 2.75) is 18.6 Å². The van der Waals surface area contributed by atoms with Gasteiger partial charge in [-0.3, -0.25) is 9.59 Å². The Labute approximate surface area is 111 Å². The van der Waals surface area contributed by atoms with E-state index in [2.05, 4.69) is 0 Å². The van der Waals surface area contributed by atoms with Gasteiger partial charge in [0.1, 0.15) is 0 Å². The fourth-order valence-electron chi connectivity index (χ4n) is 2.10. The van der Waals surface area contributed by atoms with Crippen LogP contribution in [0.3, 0.4) is 0 Å². The number of nitrogens with zero attached hydrogens (tertiary/aromatic N) is 2. The third kappa shape index (κ3) is 4.83. The van der Waals surface area contributed by atoms with E-state index in [0.29, 0.717) is 19.5 Å². The van der Waals surface area contributed by atoms with E-state index >= 15 is 0 Å². The van der Waals surface area contributed by atoms with Crippen molar-refractivity contribution in [3.05, 3.63) is 0 Å². The lowest BCUT2D eigenvalue weighted by atomic mass is 10.2. The van der Waals surface area contributed by atoms with Crippen molar-refractivity contribution in [3.8, 4) is 0 Å². The summed E-state index contributed by atoms with van der Waals surface area (Å²) in [4.78, 5) is 26.0. The van der Waals surface area contributed by atoms with Crippen LogP contribution in [0.2, 0.25) is 0 Å². The van der Waals surface area contributed by atoms with Crippen molar-refractivity contribution in [1.29, 1.82) is 0 Å². The third-order valence-electron chi connectivity index (χ3n) is 2.74. The topological polar surface area (TPSA) is 81.1 Å². The van der Waals surface area contributed by atoms with Gasteiger partial charge in [0.25, 0.3) is 0 Å². The Balaban J connectivity index is 2.46. The molecule has 2 atom stereocenters. The molecule has 0 radical (unpaired) electrons. The maximum Gasteiger partial charge on any atom is 0.313 e. The molecular formula is C11H20N2O4S. The summed E-state index contributed by atoms with van der Waals surface area (Å²) in [5.41, 5.74) is 0. The number of β-amino-alcohol motifs (C(OH)–C–C–N with tert-alkyl or cyclic N) is 1. The molecule has 0 aromatic heterocycles. The highest BCUT2D eigenvalue weighted by atomic mass is 32.2. The Morgan fingerprint density at radius 3 is 2.61 bits per heavy atom. The van der Waals surface area contributed by atoms with E-state index in [1.807, 2.05) is 19.0 Å². The molecule has 1 amide bonds. The molecule has 7 heteroatoms. The lowest BCUT2D eigenvalue weighted by Gasteiger charge is -2.26. The Kier molecular flexibility index (Phi) is 5.90. The molecule has 1 heterocycles. The second-order valence-corrected chi connectivity index (χ2v) is 5.72. The molecule has 18 heavy (non-hydrogen) atoms. The first kappa shape index (κ1) is 15.3. The Morgan fingerprint density at radius 2 is 2.06 bits per heavy atom. The van der Waals surface area contributed by atoms with Crippen molar-refractivity contribution >= 4 is 23.6 Å². The molecule has 0 aromatic rings. The van der Waals surface area contributed by atoms with E-state index in [-0.39, 0.29) is 23.5 Å². The Bertz CT molecular complexity index is 311. The molecule has 0 saturated carbocycles. The van der Waals surface area contributed by atoms with Gasteiger partial charge in [-0.1, -0.05) is 0 Å². The number of carbonyl (C=O) groups is 2. The summed E-state index contributed by atoms with van der Waals surface area (Å²) in [6, 6.07) is 0.0212. The summed E-state index contributed by atoms with van der Waals surface area (Å²) in [5.74, 6) is -0.924. The first-order chi connectivity index (χ1) is 8.40. The number of hydrogen-bond acceptors (Lipinski definition) is 5. The van der Waals surface area contributed by atoms with Crippen molar-refractivity contribution in [2.75, 3.05) is 38.7 Å². The van der Waals surface area contributed by atoms with Gasteiger partial charge in [-0.25, -0.2) is 0 Å². The molecule has 1 aliphatic heterocycles. The summed E-state index contributed by atoms with van der Waals surface area (Å²) >= 11 is 1.09. The van der Waals surface area contributed by atoms with Crippen LogP contribution >= 0.6 is 11.8 Å². The number of aliphatic carboxylic acids is 1. The number of likely N-dealkylation sites (N-methyl/N-ethyl adjacent to an activating group) is 1. The minimum Gasteiger partial charge on any atom is -0.481 e. The van der Waals surface area contributed by atoms with Crippen LogP contribution in [0.25, 0.3) is 0 Å². The minimum atomic E-state index is -0.918. The van der Waals surface area contributed by atoms with Crippen LogP contribution in [-0.4, -0.2) is 82.7 Å². The summed E-state index contributed by atoms with van der Waals surface area (Å²) in [6.45, 7) is 1.07. The second-order valence-electron chi connectivity index (χ2n) is 4.74. The monoisotopic (exact) mass is 276 g/mol. The van der Waals surface area contributed by atoms with Crippen molar-refractivity contribution in [3.63, 3.8) is 0 Å². The van der Waals surface area contributed by atoms with E-state index in [4.69, 9.17) is 5.11 Å². The van der Waals surface area contributed by atoms with Gasteiger partial charge in [0.2, 0.25) is 5.91 Å². The zero-order chi connectivity index (χ0) is 13.7. The van der Waals surface area contributed by atoms with Gasteiger partial charge in [-0.05, 0) is 20.5 Å². The minimum absolute atomic E-state index is 0.0212. The standard InChI is InChI=1S/C11H20N2O4S/c1-12(2)4-8-3-9(14)5-13(8)10(15)6-18-7-11(16)17/h8-9,14H,3-7H2,1-2H3,(H,16,17).